The zero-order chi connectivity index (χ0) is 19.4. The van der Waals surface area contributed by atoms with E-state index in [0.29, 0.717) is 17.3 Å². The number of carbonyl (C=O) groups is 1. The van der Waals surface area contributed by atoms with Crippen molar-refractivity contribution < 1.29 is 17.9 Å². The maximum atomic E-state index is 13.6. The van der Waals surface area contributed by atoms with Crippen molar-refractivity contribution in [2.24, 2.45) is 5.92 Å². The standard InChI is InChI=1S/C20H22ClNO4S/c1-26-20(23)16-10-4-7-13-19(16)27(24,25)22(14-15-8-2-3-9-15)18-12-6-5-11-17(18)21/h4-7,10-13,15H,2-3,8-9,14H2,1H3. The van der Waals surface area contributed by atoms with E-state index in [4.69, 9.17) is 16.3 Å². The average molecular weight is 408 g/mol. The van der Waals surface area contributed by atoms with Crippen molar-refractivity contribution in [2.45, 2.75) is 30.6 Å². The SMILES string of the molecule is COC(=O)c1ccccc1S(=O)(=O)N(CC1CCCC1)c1ccccc1Cl. The molecule has 1 fully saturated rings. The molecule has 1 aliphatic rings. The Kier molecular flexibility index (Phi) is 6.07. The normalized spacial score (nSPS) is 14.9. The first-order valence-corrected chi connectivity index (χ1v) is 10.7. The van der Waals surface area contributed by atoms with E-state index < -0.39 is 16.0 Å². The van der Waals surface area contributed by atoms with Crippen LogP contribution in [0, 0.1) is 5.92 Å². The van der Waals surface area contributed by atoms with Crippen LogP contribution in [0.4, 0.5) is 5.69 Å². The van der Waals surface area contributed by atoms with Gasteiger partial charge in [0.25, 0.3) is 10.0 Å². The minimum atomic E-state index is -4.00. The van der Waals surface area contributed by atoms with Gasteiger partial charge in [-0.2, -0.15) is 0 Å². The van der Waals surface area contributed by atoms with Gasteiger partial charge in [-0.1, -0.05) is 48.7 Å². The first kappa shape index (κ1) is 19.7. The summed E-state index contributed by atoms with van der Waals surface area (Å²) in [5.74, 6) is -0.421. The molecule has 1 saturated carbocycles. The zero-order valence-corrected chi connectivity index (χ0v) is 16.7. The van der Waals surface area contributed by atoms with E-state index in [0.717, 1.165) is 25.7 Å². The number of rotatable bonds is 6. The molecule has 144 valence electrons. The predicted molar refractivity (Wildman–Crippen MR) is 106 cm³/mol. The average Bonchev–Trinajstić information content (AvgIpc) is 3.19. The third-order valence-corrected chi connectivity index (χ3v) is 7.04. The molecule has 0 aromatic heterocycles. The Morgan fingerprint density at radius 3 is 2.41 bits per heavy atom. The largest absolute Gasteiger partial charge is 0.465 e. The van der Waals surface area contributed by atoms with Crippen LogP contribution in [0.2, 0.25) is 5.02 Å². The van der Waals surface area contributed by atoms with E-state index >= 15 is 0 Å². The van der Waals surface area contributed by atoms with Crippen LogP contribution in [0.25, 0.3) is 0 Å². The molecule has 0 saturated heterocycles. The summed E-state index contributed by atoms with van der Waals surface area (Å²) in [7, 11) is -2.77. The summed E-state index contributed by atoms with van der Waals surface area (Å²) in [6, 6.07) is 13.0. The van der Waals surface area contributed by atoms with Crippen molar-refractivity contribution in [1.29, 1.82) is 0 Å². The molecule has 7 heteroatoms. The Labute approximate surface area is 165 Å². The van der Waals surface area contributed by atoms with Crippen molar-refractivity contribution in [3.05, 3.63) is 59.1 Å². The number of halogens is 1. The maximum absolute atomic E-state index is 13.6. The first-order valence-electron chi connectivity index (χ1n) is 8.89. The van der Waals surface area contributed by atoms with Crippen LogP contribution in [0.15, 0.2) is 53.4 Å². The number of benzene rings is 2. The second kappa shape index (κ2) is 8.31. The van der Waals surface area contributed by atoms with Crippen LogP contribution in [0.1, 0.15) is 36.0 Å². The second-order valence-corrected chi connectivity index (χ2v) is 8.86. The molecule has 1 aliphatic carbocycles. The van der Waals surface area contributed by atoms with Crippen molar-refractivity contribution in [1.82, 2.24) is 0 Å². The summed E-state index contributed by atoms with van der Waals surface area (Å²) in [5.41, 5.74) is 0.439. The number of hydrogen-bond donors (Lipinski definition) is 0. The molecule has 0 radical (unpaired) electrons. The van der Waals surface area contributed by atoms with Gasteiger partial charge in [-0.15, -0.1) is 0 Å². The Hall–Kier alpha value is -2.05. The van der Waals surface area contributed by atoms with Crippen LogP contribution >= 0.6 is 11.6 Å². The lowest BCUT2D eigenvalue weighted by molar-refractivity contribution is 0.0596. The maximum Gasteiger partial charge on any atom is 0.339 e. The van der Waals surface area contributed by atoms with E-state index in [2.05, 4.69) is 0 Å². The predicted octanol–water partition coefficient (Wildman–Crippen LogP) is 4.51. The molecule has 0 bridgehead atoms. The van der Waals surface area contributed by atoms with Crippen molar-refractivity contribution in [3.8, 4) is 0 Å². The minimum Gasteiger partial charge on any atom is -0.465 e. The molecule has 0 N–H and O–H groups in total. The van der Waals surface area contributed by atoms with E-state index in [1.54, 1.807) is 36.4 Å². The smallest absolute Gasteiger partial charge is 0.339 e. The highest BCUT2D eigenvalue weighted by Crippen LogP contribution is 2.35. The first-order chi connectivity index (χ1) is 12.9. The quantitative estimate of drug-likeness (QED) is 0.661. The molecule has 0 spiro atoms. The molecule has 0 heterocycles. The summed E-state index contributed by atoms with van der Waals surface area (Å²) in [4.78, 5) is 12.0. The Balaban J connectivity index is 2.11. The van der Waals surface area contributed by atoms with Gasteiger partial charge in [0.05, 0.1) is 23.4 Å². The van der Waals surface area contributed by atoms with Crippen LogP contribution in [-0.2, 0) is 14.8 Å². The monoisotopic (exact) mass is 407 g/mol. The summed E-state index contributed by atoms with van der Waals surface area (Å²) in [5, 5.41) is 0.356. The lowest BCUT2D eigenvalue weighted by Gasteiger charge is -2.28. The molecule has 3 rings (SSSR count). The topological polar surface area (TPSA) is 63.7 Å². The molecule has 0 atom stereocenters. The molecule has 0 aliphatic heterocycles. The minimum absolute atomic E-state index is 0.0171. The summed E-state index contributed by atoms with van der Waals surface area (Å²) < 4.78 is 33.3. The van der Waals surface area contributed by atoms with Crippen LogP contribution in [0.3, 0.4) is 0 Å². The van der Waals surface area contributed by atoms with Gasteiger partial charge in [-0.05, 0) is 43.0 Å². The van der Waals surface area contributed by atoms with E-state index in [9.17, 15) is 13.2 Å². The number of nitrogens with zero attached hydrogens (tertiary/aromatic N) is 1. The van der Waals surface area contributed by atoms with Gasteiger partial charge >= 0.3 is 5.97 Å². The van der Waals surface area contributed by atoms with Gasteiger partial charge in [-0.3, -0.25) is 4.31 Å². The fraction of sp³-hybridized carbons (Fsp3) is 0.350. The van der Waals surface area contributed by atoms with Crippen molar-refractivity contribution >= 4 is 33.3 Å². The zero-order valence-electron chi connectivity index (χ0n) is 15.1. The summed E-state index contributed by atoms with van der Waals surface area (Å²) >= 11 is 6.33. The van der Waals surface area contributed by atoms with Gasteiger partial charge in [0.2, 0.25) is 0 Å². The van der Waals surface area contributed by atoms with Gasteiger partial charge < -0.3 is 4.74 Å². The van der Waals surface area contributed by atoms with E-state index in [1.807, 2.05) is 0 Å². The van der Waals surface area contributed by atoms with Gasteiger partial charge in [0, 0.05) is 6.54 Å². The van der Waals surface area contributed by atoms with Gasteiger partial charge in [0.1, 0.15) is 4.90 Å². The van der Waals surface area contributed by atoms with Crippen LogP contribution in [-0.4, -0.2) is 28.0 Å². The number of carbonyl (C=O) groups excluding carboxylic acids is 1. The number of sulfonamides is 1. The van der Waals surface area contributed by atoms with Gasteiger partial charge in [0.15, 0.2) is 0 Å². The van der Waals surface area contributed by atoms with Gasteiger partial charge in [-0.25, -0.2) is 13.2 Å². The molecule has 2 aromatic carbocycles. The van der Waals surface area contributed by atoms with E-state index in [1.165, 1.54) is 23.5 Å². The third kappa shape index (κ3) is 4.12. The second-order valence-electron chi connectivity index (χ2n) is 6.63. The van der Waals surface area contributed by atoms with Crippen molar-refractivity contribution in [3.63, 3.8) is 0 Å². The lowest BCUT2D eigenvalue weighted by atomic mass is 10.1. The van der Waals surface area contributed by atoms with Crippen molar-refractivity contribution in [2.75, 3.05) is 18.0 Å². The summed E-state index contributed by atoms with van der Waals surface area (Å²) in [6.45, 7) is 0.335. The molecular weight excluding hydrogens is 386 g/mol. The highest BCUT2D eigenvalue weighted by Gasteiger charge is 2.33. The molecule has 5 nitrogen and oxygen atoms in total. The highest BCUT2D eigenvalue weighted by atomic mass is 35.5. The number of para-hydroxylation sites is 1. The molecule has 0 unspecified atom stereocenters. The Morgan fingerprint density at radius 1 is 1.11 bits per heavy atom. The number of hydrogen-bond acceptors (Lipinski definition) is 4. The fourth-order valence-corrected chi connectivity index (χ4v) is 5.53. The van der Waals surface area contributed by atoms with Crippen LogP contribution in [0.5, 0.6) is 0 Å². The number of esters is 1. The van der Waals surface area contributed by atoms with Crippen LogP contribution < -0.4 is 4.31 Å². The summed E-state index contributed by atoms with van der Waals surface area (Å²) in [6.07, 6.45) is 4.16. The third-order valence-electron chi connectivity index (χ3n) is 4.88. The highest BCUT2D eigenvalue weighted by molar-refractivity contribution is 7.93. The molecule has 2 aromatic rings. The molecular formula is C20H22ClNO4S. The number of ether oxygens (including phenoxy) is 1. The Bertz CT molecular complexity index is 923. The fourth-order valence-electron chi connectivity index (χ4n) is 3.50. The number of anilines is 1. The molecule has 27 heavy (non-hydrogen) atoms. The molecule has 0 amide bonds. The Morgan fingerprint density at radius 2 is 1.74 bits per heavy atom. The number of methoxy groups -OCH3 is 1. The van der Waals surface area contributed by atoms with E-state index in [-0.39, 0.29) is 16.4 Å². The lowest BCUT2D eigenvalue weighted by Crippen LogP contribution is -2.36.